The van der Waals surface area contributed by atoms with Crippen LogP contribution in [0.4, 0.5) is 0 Å². The summed E-state index contributed by atoms with van der Waals surface area (Å²) in [7, 11) is 6.49. The number of aromatic nitrogens is 1. The predicted molar refractivity (Wildman–Crippen MR) is 206 cm³/mol. The molecule has 4 aromatic carbocycles. The molecule has 10 heteroatoms. The Morgan fingerprint density at radius 2 is 1.31 bits per heavy atom. The fraction of sp³-hybridized carbons (Fsp3) is 0.341. The highest BCUT2D eigenvalue weighted by Gasteiger charge is 2.28. The monoisotopic (exact) mass is 709 g/mol. The van der Waals surface area contributed by atoms with Gasteiger partial charge in [0.1, 0.15) is 23.1 Å². The van der Waals surface area contributed by atoms with E-state index in [0.29, 0.717) is 28.7 Å². The van der Waals surface area contributed by atoms with E-state index in [1.807, 2.05) is 60.7 Å². The Morgan fingerprint density at radius 3 is 2.00 bits per heavy atom. The maximum Gasteiger partial charge on any atom is 0.203 e. The topological polar surface area (TPSA) is 74.8 Å². The summed E-state index contributed by atoms with van der Waals surface area (Å²) in [4.78, 5) is 9.71. The van der Waals surface area contributed by atoms with Gasteiger partial charge in [-0.15, -0.1) is 11.3 Å². The van der Waals surface area contributed by atoms with E-state index in [1.165, 1.54) is 4.70 Å². The summed E-state index contributed by atoms with van der Waals surface area (Å²) in [6, 6.07) is 26.5. The second-order valence-corrected chi connectivity index (χ2v) is 13.6. The van der Waals surface area contributed by atoms with Crippen molar-refractivity contribution in [1.82, 2.24) is 14.8 Å². The van der Waals surface area contributed by atoms with Crippen LogP contribution in [0.3, 0.4) is 0 Å². The van der Waals surface area contributed by atoms with E-state index in [0.717, 1.165) is 59.1 Å². The molecular weight excluding hydrogens is 663 g/mol. The van der Waals surface area contributed by atoms with Gasteiger partial charge in [0, 0.05) is 37.8 Å². The number of ether oxygens (including phenoxy) is 6. The minimum Gasteiger partial charge on any atom is -0.493 e. The van der Waals surface area contributed by atoms with Crippen molar-refractivity contribution >= 4 is 33.7 Å². The van der Waals surface area contributed by atoms with Gasteiger partial charge in [-0.25, -0.2) is 4.98 Å². The standard InChI is InChI=1S/C41H47N3O6S/c1-27(28(2)49-36-23-30(17-18-35(36)45-4)15-16-31-24-37(46-5)40(48-7)38(25-31)47-6)43-19-21-44(22-20-43)29(3)50-33-12-10-11-32(26-33)41-42-34-13-8-9-14-39(34)51-41/h8-18,23-29H,19-22H2,1-7H3. The Hall–Kier alpha value is -4.77. The van der Waals surface area contributed by atoms with Crippen LogP contribution in [0.5, 0.6) is 34.5 Å². The highest BCUT2D eigenvalue weighted by molar-refractivity contribution is 7.21. The second-order valence-electron chi connectivity index (χ2n) is 12.6. The molecule has 1 saturated heterocycles. The first kappa shape index (κ1) is 36.0. The number of methoxy groups -OCH3 is 4. The van der Waals surface area contributed by atoms with Crippen molar-refractivity contribution in [1.29, 1.82) is 0 Å². The molecular formula is C41H47N3O6S. The summed E-state index contributed by atoms with van der Waals surface area (Å²) in [5, 5.41) is 1.00. The lowest BCUT2D eigenvalue weighted by molar-refractivity contribution is -0.0178. The van der Waals surface area contributed by atoms with Crippen LogP contribution in [-0.4, -0.2) is 87.8 Å². The lowest BCUT2D eigenvalue weighted by Crippen LogP contribution is -2.55. The van der Waals surface area contributed by atoms with Crippen LogP contribution in [0, 0.1) is 0 Å². The summed E-state index contributed by atoms with van der Waals surface area (Å²) < 4.78 is 36.4. The summed E-state index contributed by atoms with van der Waals surface area (Å²) >= 11 is 1.70. The predicted octanol–water partition coefficient (Wildman–Crippen LogP) is 8.37. The lowest BCUT2D eigenvalue weighted by atomic mass is 10.1. The van der Waals surface area contributed by atoms with Crippen LogP contribution in [-0.2, 0) is 0 Å². The van der Waals surface area contributed by atoms with Gasteiger partial charge in [0.25, 0.3) is 0 Å². The molecule has 3 unspecified atom stereocenters. The normalized spacial score (nSPS) is 15.7. The highest BCUT2D eigenvalue weighted by atomic mass is 32.1. The van der Waals surface area contributed by atoms with Crippen LogP contribution in [0.1, 0.15) is 31.9 Å². The first-order valence-corrected chi connectivity index (χ1v) is 18.0. The van der Waals surface area contributed by atoms with Crippen LogP contribution in [0.25, 0.3) is 32.9 Å². The van der Waals surface area contributed by atoms with Crippen molar-refractivity contribution < 1.29 is 28.4 Å². The molecule has 9 nitrogen and oxygen atoms in total. The zero-order valence-electron chi connectivity index (χ0n) is 30.4. The first-order valence-electron chi connectivity index (χ1n) is 17.2. The van der Waals surface area contributed by atoms with Crippen LogP contribution in [0.2, 0.25) is 0 Å². The molecule has 0 saturated carbocycles. The largest absolute Gasteiger partial charge is 0.493 e. The summed E-state index contributed by atoms with van der Waals surface area (Å²) in [6.45, 7) is 10.1. The van der Waals surface area contributed by atoms with Crippen LogP contribution < -0.4 is 28.4 Å². The third kappa shape index (κ3) is 8.41. The molecule has 6 rings (SSSR count). The fourth-order valence-corrected chi connectivity index (χ4v) is 7.31. The molecule has 1 fully saturated rings. The number of hydrogen-bond donors (Lipinski definition) is 0. The van der Waals surface area contributed by atoms with Gasteiger partial charge in [0.15, 0.2) is 23.0 Å². The molecule has 1 aromatic heterocycles. The Balaban J connectivity index is 1.05. The maximum atomic E-state index is 6.57. The molecule has 1 aliphatic rings. The van der Waals surface area contributed by atoms with Gasteiger partial charge in [0.05, 0.1) is 38.7 Å². The maximum absolute atomic E-state index is 6.57. The number of benzene rings is 4. The molecule has 2 heterocycles. The Morgan fingerprint density at radius 1 is 0.647 bits per heavy atom. The molecule has 0 radical (unpaired) electrons. The minimum absolute atomic E-state index is 0.0538. The minimum atomic E-state index is -0.0706. The molecule has 0 amide bonds. The van der Waals surface area contributed by atoms with Crippen molar-refractivity contribution in [2.24, 2.45) is 0 Å². The van der Waals surface area contributed by atoms with E-state index in [9.17, 15) is 0 Å². The van der Waals surface area contributed by atoms with E-state index in [1.54, 1.807) is 39.8 Å². The van der Waals surface area contributed by atoms with Crippen molar-refractivity contribution in [3.05, 3.63) is 90.0 Å². The third-order valence-corrected chi connectivity index (χ3v) is 10.5. The highest BCUT2D eigenvalue weighted by Crippen LogP contribution is 2.39. The molecule has 0 bridgehead atoms. The molecule has 51 heavy (non-hydrogen) atoms. The van der Waals surface area contributed by atoms with Gasteiger partial charge in [-0.05, 0) is 80.4 Å². The third-order valence-electron chi connectivity index (χ3n) is 9.46. The number of piperazine rings is 1. The van der Waals surface area contributed by atoms with Gasteiger partial charge >= 0.3 is 0 Å². The average molecular weight is 710 g/mol. The first-order chi connectivity index (χ1) is 24.8. The number of rotatable bonds is 14. The Bertz CT molecular complexity index is 1900. The molecule has 3 atom stereocenters. The Kier molecular flexibility index (Phi) is 11.7. The van der Waals surface area contributed by atoms with Crippen molar-refractivity contribution in [2.75, 3.05) is 54.6 Å². The van der Waals surface area contributed by atoms with Gasteiger partial charge < -0.3 is 28.4 Å². The molecule has 5 aromatic rings. The molecule has 0 aliphatic carbocycles. The van der Waals surface area contributed by atoms with E-state index < -0.39 is 0 Å². The van der Waals surface area contributed by atoms with Gasteiger partial charge in [-0.1, -0.05) is 42.5 Å². The molecule has 0 N–H and O–H groups in total. The number of nitrogens with zero attached hydrogens (tertiary/aromatic N) is 3. The van der Waals surface area contributed by atoms with E-state index in [-0.39, 0.29) is 18.4 Å². The van der Waals surface area contributed by atoms with Crippen molar-refractivity contribution in [3.8, 4) is 45.1 Å². The van der Waals surface area contributed by atoms with E-state index >= 15 is 0 Å². The summed E-state index contributed by atoms with van der Waals surface area (Å²) in [5.74, 6) is 4.03. The van der Waals surface area contributed by atoms with E-state index in [4.69, 9.17) is 33.4 Å². The number of thiazole rings is 1. The SMILES string of the molecule is COc1ccc(C=Cc2cc(OC)c(OC)c(OC)c2)cc1OC(C)C(C)N1CCN(C(C)Oc2cccc(-c3nc4ccccc4s3)c2)CC1. The van der Waals surface area contributed by atoms with Gasteiger partial charge in [0.2, 0.25) is 5.75 Å². The molecule has 0 spiro atoms. The second kappa shape index (κ2) is 16.5. The molecule has 1 aliphatic heterocycles. The van der Waals surface area contributed by atoms with Crippen molar-refractivity contribution in [3.63, 3.8) is 0 Å². The van der Waals surface area contributed by atoms with E-state index in [2.05, 4.69) is 60.9 Å². The van der Waals surface area contributed by atoms with Crippen molar-refractivity contribution in [2.45, 2.75) is 39.1 Å². The molecule has 268 valence electrons. The van der Waals surface area contributed by atoms with Gasteiger partial charge in [-0.2, -0.15) is 0 Å². The van der Waals surface area contributed by atoms with Crippen LogP contribution >= 0.6 is 11.3 Å². The average Bonchev–Trinajstić information content (AvgIpc) is 3.61. The summed E-state index contributed by atoms with van der Waals surface area (Å²) in [6.07, 6.45) is 3.91. The zero-order valence-corrected chi connectivity index (χ0v) is 31.2. The quantitative estimate of drug-likeness (QED) is 0.106. The number of para-hydroxylation sites is 1. The number of fused-ring (bicyclic) bond motifs is 1. The van der Waals surface area contributed by atoms with Crippen LogP contribution in [0.15, 0.2) is 78.9 Å². The smallest absolute Gasteiger partial charge is 0.203 e. The van der Waals surface area contributed by atoms with Gasteiger partial charge in [-0.3, -0.25) is 9.80 Å². The fourth-order valence-electron chi connectivity index (χ4n) is 6.35. The number of hydrogen-bond acceptors (Lipinski definition) is 10. The lowest BCUT2D eigenvalue weighted by Gasteiger charge is -2.41. The Labute approximate surface area is 304 Å². The summed E-state index contributed by atoms with van der Waals surface area (Å²) in [5.41, 5.74) is 4.00. The zero-order chi connectivity index (χ0) is 35.9.